The fourth-order valence-electron chi connectivity index (χ4n) is 3.42. The molecule has 146 valence electrons. The largest absolute Gasteiger partial charge is 0.416 e. The first kappa shape index (κ1) is 19.3. The van der Waals surface area contributed by atoms with Crippen molar-refractivity contribution in [2.75, 3.05) is 13.6 Å². The van der Waals surface area contributed by atoms with Gasteiger partial charge in [0.2, 0.25) is 0 Å². The Balaban J connectivity index is 1.66. The highest BCUT2D eigenvalue weighted by Gasteiger charge is 2.40. The van der Waals surface area contributed by atoms with Crippen molar-refractivity contribution in [1.82, 2.24) is 20.4 Å². The van der Waals surface area contributed by atoms with E-state index in [2.05, 4.69) is 20.7 Å². The molecule has 1 aliphatic rings. The summed E-state index contributed by atoms with van der Waals surface area (Å²) in [4.78, 5) is 4.21. The van der Waals surface area contributed by atoms with Gasteiger partial charge >= 0.3 is 6.18 Å². The van der Waals surface area contributed by atoms with Gasteiger partial charge in [0.05, 0.1) is 17.8 Å². The van der Waals surface area contributed by atoms with Gasteiger partial charge in [0, 0.05) is 32.3 Å². The zero-order chi connectivity index (χ0) is 19.5. The first-order valence-corrected chi connectivity index (χ1v) is 8.93. The first-order chi connectivity index (χ1) is 12.8. The minimum Gasteiger partial charge on any atom is -0.356 e. The number of aromatic nitrogens is 2. The van der Waals surface area contributed by atoms with Crippen LogP contribution in [0.25, 0.3) is 0 Å². The summed E-state index contributed by atoms with van der Waals surface area (Å²) < 4.78 is 41.0. The SMILES string of the molecule is CN=C(NCc1ccnn1C)NCC1(c2cccc(C(F)(F)F)c2)CCC1. The molecule has 1 heterocycles. The Kier molecular flexibility index (Phi) is 5.43. The summed E-state index contributed by atoms with van der Waals surface area (Å²) in [5, 5.41) is 10.6. The van der Waals surface area contributed by atoms with Gasteiger partial charge in [-0.2, -0.15) is 18.3 Å². The third-order valence-electron chi connectivity index (χ3n) is 5.29. The Labute approximate surface area is 156 Å². The maximum absolute atomic E-state index is 13.1. The second kappa shape index (κ2) is 7.62. The number of rotatable bonds is 5. The van der Waals surface area contributed by atoms with Crippen LogP contribution in [0.4, 0.5) is 13.2 Å². The van der Waals surface area contributed by atoms with Crippen LogP contribution in [-0.4, -0.2) is 29.3 Å². The van der Waals surface area contributed by atoms with E-state index in [9.17, 15) is 13.2 Å². The molecule has 0 saturated heterocycles. The number of benzene rings is 1. The van der Waals surface area contributed by atoms with Gasteiger partial charge in [0.15, 0.2) is 5.96 Å². The summed E-state index contributed by atoms with van der Waals surface area (Å²) in [6.45, 7) is 1.10. The number of aryl methyl sites for hydroxylation is 1. The highest BCUT2D eigenvalue weighted by molar-refractivity contribution is 5.79. The minimum atomic E-state index is -4.32. The van der Waals surface area contributed by atoms with Crippen LogP contribution in [0.3, 0.4) is 0 Å². The Morgan fingerprint density at radius 3 is 2.59 bits per heavy atom. The third-order valence-corrected chi connectivity index (χ3v) is 5.29. The molecule has 0 atom stereocenters. The van der Waals surface area contributed by atoms with Crippen molar-refractivity contribution in [2.45, 2.75) is 37.4 Å². The first-order valence-electron chi connectivity index (χ1n) is 8.93. The van der Waals surface area contributed by atoms with E-state index in [-0.39, 0.29) is 5.41 Å². The summed E-state index contributed by atoms with van der Waals surface area (Å²) in [5.41, 5.74) is 0.864. The van der Waals surface area contributed by atoms with Crippen LogP contribution in [0.5, 0.6) is 0 Å². The van der Waals surface area contributed by atoms with E-state index < -0.39 is 11.7 Å². The maximum atomic E-state index is 13.1. The highest BCUT2D eigenvalue weighted by atomic mass is 19.4. The number of hydrogen-bond acceptors (Lipinski definition) is 2. The lowest BCUT2D eigenvalue weighted by molar-refractivity contribution is -0.137. The van der Waals surface area contributed by atoms with Crippen molar-refractivity contribution in [3.8, 4) is 0 Å². The van der Waals surface area contributed by atoms with Gasteiger partial charge in [-0.05, 0) is 30.5 Å². The summed E-state index contributed by atoms with van der Waals surface area (Å²) in [6, 6.07) is 7.61. The van der Waals surface area contributed by atoms with Crippen molar-refractivity contribution in [2.24, 2.45) is 12.0 Å². The number of aliphatic imine (C=N–C) groups is 1. The van der Waals surface area contributed by atoms with Gasteiger partial charge in [-0.25, -0.2) is 0 Å². The van der Waals surface area contributed by atoms with Crippen LogP contribution in [0.2, 0.25) is 0 Å². The van der Waals surface area contributed by atoms with Crippen LogP contribution < -0.4 is 10.6 Å². The van der Waals surface area contributed by atoms with Crippen LogP contribution in [-0.2, 0) is 25.2 Å². The molecule has 0 bridgehead atoms. The van der Waals surface area contributed by atoms with Crippen LogP contribution >= 0.6 is 0 Å². The van der Waals surface area contributed by atoms with E-state index in [4.69, 9.17) is 0 Å². The number of alkyl halides is 3. The molecule has 0 radical (unpaired) electrons. The molecule has 8 heteroatoms. The van der Waals surface area contributed by atoms with E-state index in [0.29, 0.717) is 19.0 Å². The number of nitrogens with zero attached hydrogens (tertiary/aromatic N) is 3. The zero-order valence-corrected chi connectivity index (χ0v) is 15.5. The molecule has 1 saturated carbocycles. The van der Waals surface area contributed by atoms with E-state index >= 15 is 0 Å². The standard InChI is InChI=1S/C19H24F3N5/c1-23-17(24-12-16-7-10-26-27(16)2)25-13-18(8-4-9-18)14-5-3-6-15(11-14)19(20,21)22/h3,5-7,10-11H,4,8-9,12-13H2,1-2H3,(H2,23,24,25). The second-order valence-corrected chi connectivity index (χ2v) is 6.94. The zero-order valence-electron chi connectivity index (χ0n) is 15.5. The number of guanidine groups is 1. The van der Waals surface area contributed by atoms with Gasteiger partial charge in [0.1, 0.15) is 0 Å². The maximum Gasteiger partial charge on any atom is 0.416 e. The van der Waals surface area contributed by atoms with Crippen LogP contribution in [0.15, 0.2) is 41.5 Å². The number of hydrogen-bond donors (Lipinski definition) is 2. The molecule has 5 nitrogen and oxygen atoms in total. The van der Waals surface area contributed by atoms with Crippen LogP contribution in [0.1, 0.15) is 36.1 Å². The normalized spacial score (nSPS) is 16.7. The molecule has 3 rings (SSSR count). The summed E-state index contributed by atoms with van der Waals surface area (Å²) in [7, 11) is 3.54. The highest BCUT2D eigenvalue weighted by Crippen LogP contribution is 2.44. The van der Waals surface area contributed by atoms with Crippen LogP contribution in [0, 0.1) is 0 Å². The topological polar surface area (TPSA) is 54.2 Å². The predicted octanol–water partition coefficient (Wildman–Crippen LogP) is 3.23. The van der Waals surface area contributed by atoms with E-state index in [1.807, 2.05) is 13.1 Å². The van der Waals surface area contributed by atoms with Crippen molar-refractivity contribution in [1.29, 1.82) is 0 Å². The lowest BCUT2D eigenvalue weighted by atomic mass is 9.64. The van der Waals surface area contributed by atoms with Gasteiger partial charge in [-0.1, -0.05) is 24.6 Å². The Bertz CT molecular complexity index is 806. The molecule has 27 heavy (non-hydrogen) atoms. The average Bonchev–Trinajstić information content (AvgIpc) is 3.01. The quantitative estimate of drug-likeness (QED) is 0.620. The minimum absolute atomic E-state index is 0.286. The molecule has 1 aromatic carbocycles. The molecule has 0 amide bonds. The molecular formula is C19H24F3N5. The molecule has 0 unspecified atom stereocenters. The molecule has 1 aliphatic carbocycles. The van der Waals surface area contributed by atoms with Gasteiger partial charge in [-0.3, -0.25) is 9.67 Å². The van der Waals surface area contributed by atoms with E-state index in [1.54, 1.807) is 24.0 Å². The average molecular weight is 379 g/mol. The van der Waals surface area contributed by atoms with Crippen molar-refractivity contribution in [3.05, 3.63) is 53.3 Å². The molecular weight excluding hydrogens is 355 g/mol. The van der Waals surface area contributed by atoms with E-state index in [1.165, 1.54) is 12.1 Å². The van der Waals surface area contributed by atoms with Gasteiger partial charge < -0.3 is 10.6 Å². The molecule has 0 aliphatic heterocycles. The number of halogens is 3. The molecule has 1 fully saturated rings. The second-order valence-electron chi connectivity index (χ2n) is 6.94. The van der Waals surface area contributed by atoms with E-state index in [0.717, 1.165) is 36.6 Å². The predicted molar refractivity (Wildman–Crippen MR) is 98.4 cm³/mol. The molecule has 2 aromatic rings. The fraction of sp³-hybridized carbons (Fsp3) is 0.474. The Morgan fingerprint density at radius 2 is 2.04 bits per heavy atom. The fourth-order valence-corrected chi connectivity index (χ4v) is 3.42. The lowest BCUT2D eigenvalue weighted by Gasteiger charge is -2.43. The molecule has 0 spiro atoms. The third kappa shape index (κ3) is 4.26. The molecule has 2 N–H and O–H groups in total. The van der Waals surface area contributed by atoms with Crippen molar-refractivity contribution >= 4 is 5.96 Å². The Hall–Kier alpha value is -2.51. The molecule has 1 aromatic heterocycles. The Morgan fingerprint density at radius 1 is 1.26 bits per heavy atom. The lowest BCUT2D eigenvalue weighted by Crippen LogP contribution is -2.48. The van der Waals surface area contributed by atoms with Gasteiger partial charge in [0.25, 0.3) is 0 Å². The monoisotopic (exact) mass is 379 g/mol. The smallest absolute Gasteiger partial charge is 0.356 e. The summed E-state index contributed by atoms with van der Waals surface area (Å²) >= 11 is 0. The van der Waals surface area contributed by atoms with Gasteiger partial charge in [-0.15, -0.1) is 0 Å². The number of nitrogens with one attached hydrogen (secondary N) is 2. The van der Waals surface area contributed by atoms with Crippen molar-refractivity contribution in [3.63, 3.8) is 0 Å². The summed E-state index contributed by atoms with van der Waals surface area (Å²) in [6.07, 6.45) is 0.137. The summed E-state index contributed by atoms with van der Waals surface area (Å²) in [5.74, 6) is 0.620. The van der Waals surface area contributed by atoms with Crippen molar-refractivity contribution < 1.29 is 13.2 Å².